The molecule has 26 heavy (non-hydrogen) atoms. The van der Waals surface area contributed by atoms with Crippen LogP contribution in [0.3, 0.4) is 0 Å². The number of carbonyl (C=O) groups excluding carboxylic acids is 2. The molecule has 0 unspecified atom stereocenters. The third-order valence-corrected chi connectivity index (χ3v) is 4.11. The summed E-state index contributed by atoms with van der Waals surface area (Å²) in [5.74, 6) is 0.115. The van der Waals surface area contributed by atoms with Gasteiger partial charge in [-0.2, -0.15) is 0 Å². The normalized spacial score (nSPS) is 13.9. The predicted octanol–water partition coefficient (Wildman–Crippen LogP) is 2.42. The van der Waals surface area contributed by atoms with E-state index in [4.69, 9.17) is 4.74 Å². The fourth-order valence-electron chi connectivity index (χ4n) is 2.65. The van der Waals surface area contributed by atoms with Crippen molar-refractivity contribution in [3.63, 3.8) is 0 Å². The van der Waals surface area contributed by atoms with Gasteiger partial charge in [0.15, 0.2) is 5.76 Å². The molecule has 1 aliphatic heterocycles. The SMILES string of the molecule is CN1CC(C(=O)NCCc2ccc(Oc3ccccc3)cc2)=C(O)C1=O. The largest absolute Gasteiger partial charge is 0.503 e. The van der Waals surface area contributed by atoms with E-state index < -0.39 is 17.6 Å². The molecule has 0 fully saturated rings. The van der Waals surface area contributed by atoms with E-state index >= 15 is 0 Å². The number of hydrogen-bond donors (Lipinski definition) is 2. The maximum atomic E-state index is 12.1. The molecule has 6 heteroatoms. The number of aliphatic hydroxyl groups is 1. The molecule has 0 bridgehead atoms. The molecular weight excluding hydrogens is 332 g/mol. The van der Waals surface area contributed by atoms with Crippen LogP contribution in [0.1, 0.15) is 5.56 Å². The van der Waals surface area contributed by atoms with E-state index in [0.717, 1.165) is 17.1 Å². The summed E-state index contributed by atoms with van der Waals surface area (Å²) in [4.78, 5) is 24.9. The molecule has 0 aromatic heterocycles. The van der Waals surface area contributed by atoms with Gasteiger partial charge in [0.2, 0.25) is 0 Å². The second kappa shape index (κ2) is 7.74. The van der Waals surface area contributed by atoms with E-state index in [-0.39, 0.29) is 12.1 Å². The maximum absolute atomic E-state index is 12.1. The molecule has 3 rings (SSSR count). The number of rotatable bonds is 6. The standard InChI is InChI=1S/C20H20N2O4/c1-22-13-17(18(23)20(22)25)19(24)21-12-11-14-7-9-16(10-8-14)26-15-5-3-2-4-6-15/h2-10,23H,11-13H2,1H3,(H,21,24). The zero-order chi connectivity index (χ0) is 18.5. The van der Waals surface area contributed by atoms with Gasteiger partial charge < -0.3 is 20.1 Å². The Hall–Kier alpha value is -3.28. The number of benzene rings is 2. The summed E-state index contributed by atoms with van der Waals surface area (Å²) < 4.78 is 5.74. The monoisotopic (exact) mass is 352 g/mol. The highest BCUT2D eigenvalue weighted by molar-refractivity contribution is 6.06. The summed E-state index contributed by atoms with van der Waals surface area (Å²) in [7, 11) is 1.54. The van der Waals surface area contributed by atoms with Gasteiger partial charge in [0.25, 0.3) is 11.8 Å². The van der Waals surface area contributed by atoms with Gasteiger partial charge in [-0.3, -0.25) is 9.59 Å². The molecule has 2 N–H and O–H groups in total. The van der Waals surface area contributed by atoms with Gasteiger partial charge in [-0.15, -0.1) is 0 Å². The third-order valence-electron chi connectivity index (χ3n) is 4.11. The Bertz CT molecular complexity index is 829. The Balaban J connectivity index is 1.49. The van der Waals surface area contributed by atoms with Gasteiger partial charge in [-0.05, 0) is 36.2 Å². The van der Waals surface area contributed by atoms with Gasteiger partial charge in [-0.1, -0.05) is 30.3 Å². The molecule has 2 amide bonds. The molecular formula is C20H20N2O4. The van der Waals surface area contributed by atoms with Crippen LogP contribution in [0.15, 0.2) is 65.9 Å². The summed E-state index contributed by atoms with van der Waals surface area (Å²) in [6.07, 6.45) is 0.634. The van der Waals surface area contributed by atoms with E-state index in [1.165, 1.54) is 11.9 Å². The molecule has 2 aromatic carbocycles. The smallest absolute Gasteiger partial charge is 0.289 e. The van der Waals surface area contributed by atoms with Crippen LogP contribution in [-0.2, 0) is 16.0 Å². The number of likely N-dealkylation sites (N-methyl/N-ethyl adjacent to an activating group) is 1. The summed E-state index contributed by atoms with van der Waals surface area (Å²) >= 11 is 0. The van der Waals surface area contributed by atoms with Gasteiger partial charge in [0.05, 0.1) is 12.1 Å². The number of nitrogens with zero attached hydrogens (tertiary/aromatic N) is 1. The lowest BCUT2D eigenvalue weighted by molar-refractivity contribution is -0.126. The fraction of sp³-hybridized carbons (Fsp3) is 0.200. The van der Waals surface area contributed by atoms with Gasteiger partial charge in [0, 0.05) is 13.6 Å². The zero-order valence-corrected chi connectivity index (χ0v) is 14.4. The Labute approximate surface area is 151 Å². The Morgan fingerprint density at radius 1 is 1.12 bits per heavy atom. The summed E-state index contributed by atoms with van der Waals surface area (Å²) in [6.45, 7) is 0.536. The van der Waals surface area contributed by atoms with Crippen LogP contribution in [0.25, 0.3) is 0 Å². The number of nitrogens with one attached hydrogen (secondary N) is 1. The first kappa shape index (κ1) is 17.5. The topological polar surface area (TPSA) is 78.9 Å². The van der Waals surface area contributed by atoms with Crippen molar-refractivity contribution >= 4 is 11.8 Å². The number of hydrogen-bond acceptors (Lipinski definition) is 4. The van der Waals surface area contributed by atoms with Crippen molar-refractivity contribution in [2.24, 2.45) is 0 Å². The second-order valence-corrected chi connectivity index (χ2v) is 6.05. The predicted molar refractivity (Wildman–Crippen MR) is 97.0 cm³/mol. The van der Waals surface area contributed by atoms with E-state index in [0.29, 0.717) is 13.0 Å². The van der Waals surface area contributed by atoms with Gasteiger partial charge >= 0.3 is 0 Å². The average Bonchev–Trinajstić information content (AvgIpc) is 2.91. The van der Waals surface area contributed by atoms with Crippen molar-refractivity contribution in [2.75, 3.05) is 20.1 Å². The average molecular weight is 352 g/mol. The molecule has 134 valence electrons. The van der Waals surface area contributed by atoms with Crippen LogP contribution >= 0.6 is 0 Å². The summed E-state index contributed by atoms with van der Waals surface area (Å²) in [5.41, 5.74) is 1.16. The molecule has 1 aliphatic rings. The molecule has 0 spiro atoms. The lowest BCUT2D eigenvalue weighted by Gasteiger charge is -2.09. The molecule has 2 aromatic rings. The van der Waals surface area contributed by atoms with Crippen LogP contribution in [-0.4, -0.2) is 42.0 Å². The van der Waals surface area contributed by atoms with Crippen molar-refractivity contribution in [3.05, 3.63) is 71.5 Å². The molecule has 0 aliphatic carbocycles. The van der Waals surface area contributed by atoms with E-state index in [1.54, 1.807) is 0 Å². The van der Waals surface area contributed by atoms with Crippen molar-refractivity contribution < 1.29 is 19.4 Å². The third kappa shape index (κ3) is 4.03. The van der Waals surface area contributed by atoms with Crippen LogP contribution in [0.2, 0.25) is 0 Å². The van der Waals surface area contributed by atoms with Crippen molar-refractivity contribution in [2.45, 2.75) is 6.42 Å². The first-order valence-electron chi connectivity index (χ1n) is 8.32. The maximum Gasteiger partial charge on any atom is 0.289 e. The number of ether oxygens (including phenoxy) is 1. The summed E-state index contributed by atoms with van der Waals surface area (Å²) in [5, 5.41) is 12.4. The quantitative estimate of drug-likeness (QED) is 0.837. The van der Waals surface area contributed by atoms with Gasteiger partial charge in [0.1, 0.15) is 11.5 Å². The highest BCUT2D eigenvalue weighted by atomic mass is 16.5. The van der Waals surface area contributed by atoms with E-state index in [2.05, 4.69) is 5.32 Å². The summed E-state index contributed by atoms with van der Waals surface area (Å²) in [6, 6.07) is 17.2. The minimum atomic E-state index is -0.524. The molecule has 0 radical (unpaired) electrons. The first-order valence-corrected chi connectivity index (χ1v) is 8.32. The number of para-hydroxylation sites is 1. The van der Waals surface area contributed by atoms with Crippen molar-refractivity contribution in [3.8, 4) is 11.5 Å². The van der Waals surface area contributed by atoms with Gasteiger partial charge in [-0.25, -0.2) is 0 Å². The minimum Gasteiger partial charge on any atom is -0.503 e. The van der Waals surface area contributed by atoms with E-state index in [1.807, 2.05) is 54.6 Å². The van der Waals surface area contributed by atoms with E-state index in [9.17, 15) is 14.7 Å². The van der Waals surface area contributed by atoms with Crippen LogP contribution in [0.5, 0.6) is 11.5 Å². The Morgan fingerprint density at radius 3 is 2.38 bits per heavy atom. The Kier molecular flexibility index (Phi) is 5.22. The number of carbonyl (C=O) groups is 2. The lowest BCUT2D eigenvalue weighted by Crippen LogP contribution is -2.29. The highest BCUT2D eigenvalue weighted by Crippen LogP contribution is 2.21. The Morgan fingerprint density at radius 2 is 1.77 bits per heavy atom. The lowest BCUT2D eigenvalue weighted by atomic mass is 10.1. The number of amides is 2. The van der Waals surface area contributed by atoms with Crippen LogP contribution in [0.4, 0.5) is 0 Å². The molecule has 0 atom stereocenters. The molecule has 6 nitrogen and oxygen atoms in total. The highest BCUT2D eigenvalue weighted by Gasteiger charge is 2.31. The minimum absolute atomic E-state index is 0.115. The van der Waals surface area contributed by atoms with Crippen molar-refractivity contribution in [1.82, 2.24) is 10.2 Å². The first-order chi connectivity index (χ1) is 12.5. The zero-order valence-electron chi connectivity index (χ0n) is 14.4. The molecule has 1 heterocycles. The molecule has 0 saturated carbocycles. The van der Waals surface area contributed by atoms with Crippen molar-refractivity contribution in [1.29, 1.82) is 0 Å². The molecule has 0 saturated heterocycles. The fourth-order valence-corrected chi connectivity index (χ4v) is 2.65. The van der Waals surface area contributed by atoms with Crippen LogP contribution in [0, 0.1) is 0 Å². The number of aliphatic hydroxyl groups excluding tert-OH is 1. The van der Waals surface area contributed by atoms with Crippen LogP contribution < -0.4 is 10.1 Å². The second-order valence-electron chi connectivity index (χ2n) is 6.05.